The molecule has 142 valence electrons. The summed E-state index contributed by atoms with van der Waals surface area (Å²) in [7, 11) is -3.10. The molecule has 1 aliphatic heterocycles. The average Bonchev–Trinajstić information content (AvgIpc) is 2.72. The largest absolute Gasteiger partial charge is 0.310 e. The van der Waals surface area contributed by atoms with E-state index in [0.717, 1.165) is 0 Å². The van der Waals surface area contributed by atoms with Gasteiger partial charge in [-0.1, -0.05) is 41.4 Å². The Morgan fingerprint density at radius 1 is 1.11 bits per heavy atom. The van der Waals surface area contributed by atoms with Crippen molar-refractivity contribution in [1.82, 2.24) is 0 Å². The van der Waals surface area contributed by atoms with Crippen LogP contribution in [0.3, 0.4) is 0 Å². The maximum Gasteiger partial charge on any atom is 0.248 e. The Bertz CT molecular complexity index is 1020. The monoisotopic (exact) mass is 424 g/mol. The summed E-state index contributed by atoms with van der Waals surface area (Å²) in [6.07, 6.45) is 1.53. The standard InChI is InChI=1S/C19H18Cl2N2O3S/c1-27(25,26)10-4-9-23-17-8-7-13(20)11-15(17)19(22-12-18(23)24)14-5-2-3-6-16(14)21/h2-3,5-8,11H,4,9-10,12H2,1H3. The van der Waals surface area contributed by atoms with Gasteiger partial charge in [-0.2, -0.15) is 0 Å². The van der Waals surface area contributed by atoms with E-state index in [1.165, 1.54) is 6.26 Å². The van der Waals surface area contributed by atoms with Crippen LogP contribution >= 0.6 is 23.2 Å². The molecule has 0 aliphatic carbocycles. The number of aliphatic imine (C=N–C) groups is 1. The van der Waals surface area contributed by atoms with Crippen LogP contribution in [0.1, 0.15) is 17.5 Å². The molecule has 0 saturated carbocycles. The van der Waals surface area contributed by atoms with Crippen LogP contribution in [0.4, 0.5) is 5.69 Å². The van der Waals surface area contributed by atoms with Gasteiger partial charge >= 0.3 is 0 Å². The molecular weight excluding hydrogens is 407 g/mol. The molecule has 0 aromatic heterocycles. The molecule has 1 heterocycles. The molecule has 5 nitrogen and oxygen atoms in total. The number of carbonyl (C=O) groups excluding carboxylic acids is 1. The Kier molecular flexibility index (Phi) is 5.89. The number of amides is 1. The summed E-state index contributed by atoms with van der Waals surface area (Å²) in [5, 5.41) is 1.04. The summed E-state index contributed by atoms with van der Waals surface area (Å²) >= 11 is 12.5. The molecule has 0 fully saturated rings. The van der Waals surface area contributed by atoms with Crippen molar-refractivity contribution in [3.63, 3.8) is 0 Å². The number of halogens is 2. The lowest BCUT2D eigenvalue weighted by atomic mass is 10.00. The Labute approximate surface area is 168 Å². The zero-order valence-electron chi connectivity index (χ0n) is 14.7. The minimum atomic E-state index is -3.10. The molecule has 0 N–H and O–H groups in total. The van der Waals surface area contributed by atoms with Crippen LogP contribution in [0.2, 0.25) is 10.0 Å². The van der Waals surface area contributed by atoms with E-state index in [2.05, 4.69) is 4.99 Å². The average molecular weight is 425 g/mol. The van der Waals surface area contributed by atoms with Gasteiger partial charge in [-0.25, -0.2) is 8.42 Å². The van der Waals surface area contributed by atoms with Crippen LogP contribution in [0.15, 0.2) is 47.5 Å². The number of benzene rings is 2. The third kappa shape index (κ3) is 4.69. The minimum Gasteiger partial charge on any atom is -0.310 e. The predicted octanol–water partition coefficient (Wildman–Crippen LogP) is 3.61. The fourth-order valence-electron chi connectivity index (χ4n) is 3.00. The molecule has 0 radical (unpaired) electrons. The molecule has 3 rings (SSSR count). The molecule has 2 aromatic rings. The normalized spacial score (nSPS) is 14.6. The topological polar surface area (TPSA) is 66.8 Å². The molecule has 0 saturated heterocycles. The van der Waals surface area contributed by atoms with Gasteiger partial charge in [0.2, 0.25) is 5.91 Å². The van der Waals surface area contributed by atoms with Gasteiger partial charge in [-0.05, 0) is 30.7 Å². The number of benzodiazepines with no additional fused rings is 1. The fraction of sp³-hybridized carbons (Fsp3) is 0.263. The van der Waals surface area contributed by atoms with E-state index in [0.29, 0.717) is 39.0 Å². The summed E-state index contributed by atoms with van der Waals surface area (Å²) in [6, 6.07) is 12.5. The molecule has 0 unspecified atom stereocenters. The first-order chi connectivity index (χ1) is 12.8. The Morgan fingerprint density at radius 3 is 2.56 bits per heavy atom. The van der Waals surface area contributed by atoms with Crippen molar-refractivity contribution in [3.05, 3.63) is 63.6 Å². The van der Waals surface area contributed by atoms with Crippen LogP contribution in [-0.2, 0) is 14.6 Å². The third-order valence-corrected chi connectivity index (χ3v) is 5.80. The lowest BCUT2D eigenvalue weighted by Crippen LogP contribution is -2.34. The second-order valence-electron chi connectivity index (χ2n) is 6.33. The molecule has 8 heteroatoms. The zero-order chi connectivity index (χ0) is 19.6. The van der Waals surface area contributed by atoms with Crippen molar-refractivity contribution in [1.29, 1.82) is 0 Å². The van der Waals surface area contributed by atoms with Gasteiger partial charge in [0.1, 0.15) is 16.4 Å². The lowest BCUT2D eigenvalue weighted by molar-refractivity contribution is -0.117. The molecule has 2 aromatic carbocycles. The molecule has 1 aliphatic rings. The number of carbonyl (C=O) groups is 1. The van der Waals surface area contributed by atoms with Gasteiger partial charge < -0.3 is 4.90 Å². The predicted molar refractivity (Wildman–Crippen MR) is 110 cm³/mol. The SMILES string of the molecule is CS(=O)(=O)CCCN1C(=O)CN=C(c2ccccc2Cl)c2cc(Cl)ccc21. The third-order valence-electron chi connectivity index (χ3n) is 4.20. The number of nitrogens with zero attached hydrogens (tertiary/aromatic N) is 2. The highest BCUT2D eigenvalue weighted by atomic mass is 35.5. The zero-order valence-corrected chi connectivity index (χ0v) is 17.0. The maximum atomic E-state index is 12.7. The summed E-state index contributed by atoms with van der Waals surface area (Å²) < 4.78 is 22.9. The maximum absolute atomic E-state index is 12.7. The van der Waals surface area contributed by atoms with Gasteiger partial charge in [0, 0.05) is 34.0 Å². The molecule has 0 atom stereocenters. The fourth-order valence-corrected chi connectivity index (χ4v) is 4.05. The first-order valence-electron chi connectivity index (χ1n) is 8.33. The number of anilines is 1. The van der Waals surface area contributed by atoms with Crippen molar-refractivity contribution < 1.29 is 13.2 Å². The van der Waals surface area contributed by atoms with Gasteiger partial charge in [0.15, 0.2) is 0 Å². The molecule has 27 heavy (non-hydrogen) atoms. The first kappa shape index (κ1) is 19.9. The van der Waals surface area contributed by atoms with Crippen molar-refractivity contribution in [2.75, 3.05) is 30.0 Å². The van der Waals surface area contributed by atoms with Crippen molar-refractivity contribution in [3.8, 4) is 0 Å². The van der Waals surface area contributed by atoms with Crippen LogP contribution in [-0.4, -0.2) is 45.1 Å². The van der Waals surface area contributed by atoms with Crippen LogP contribution in [0.25, 0.3) is 0 Å². The quantitative estimate of drug-likeness (QED) is 0.735. The summed E-state index contributed by atoms with van der Waals surface area (Å²) in [5.41, 5.74) is 2.65. The van der Waals surface area contributed by atoms with Gasteiger partial charge in [-0.3, -0.25) is 9.79 Å². The van der Waals surface area contributed by atoms with E-state index in [1.54, 1.807) is 29.2 Å². The summed E-state index contributed by atoms with van der Waals surface area (Å²) in [6.45, 7) is 0.234. The van der Waals surface area contributed by atoms with E-state index in [1.807, 2.05) is 18.2 Å². The van der Waals surface area contributed by atoms with Crippen LogP contribution in [0.5, 0.6) is 0 Å². The highest BCUT2D eigenvalue weighted by Gasteiger charge is 2.26. The van der Waals surface area contributed by atoms with Crippen LogP contribution < -0.4 is 4.90 Å². The number of sulfone groups is 1. The second-order valence-corrected chi connectivity index (χ2v) is 9.44. The molecular formula is C19H18Cl2N2O3S. The van der Waals surface area contributed by atoms with E-state index < -0.39 is 9.84 Å². The van der Waals surface area contributed by atoms with Crippen LogP contribution in [0, 0.1) is 0 Å². The molecule has 1 amide bonds. The van der Waals surface area contributed by atoms with E-state index in [9.17, 15) is 13.2 Å². The minimum absolute atomic E-state index is 0.0118. The highest BCUT2D eigenvalue weighted by molar-refractivity contribution is 7.90. The Morgan fingerprint density at radius 2 is 1.85 bits per heavy atom. The summed E-state index contributed by atoms with van der Waals surface area (Å²) in [4.78, 5) is 18.7. The van der Waals surface area contributed by atoms with Crippen molar-refractivity contribution >= 4 is 50.3 Å². The molecule has 0 spiro atoms. The Balaban J connectivity index is 2.04. The van der Waals surface area contributed by atoms with Gasteiger partial charge in [-0.15, -0.1) is 0 Å². The second kappa shape index (κ2) is 8.00. The van der Waals surface area contributed by atoms with Crippen molar-refractivity contribution in [2.45, 2.75) is 6.42 Å². The number of hydrogen-bond donors (Lipinski definition) is 0. The van der Waals surface area contributed by atoms with E-state index in [-0.39, 0.29) is 24.7 Å². The summed E-state index contributed by atoms with van der Waals surface area (Å²) in [5.74, 6) is -0.188. The van der Waals surface area contributed by atoms with Gasteiger partial charge in [0.25, 0.3) is 0 Å². The smallest absolute Gasteiger partial charge is 0.248 e. The first-order valence-corrected chi connectivity index (χ1v) is 11.2. The van der Waals surface area contributed by atoms with E-state index >= 15 is 0 Å². The molecule has 0 bridgehead atoms. The number of fused-ring (bicyclic) bond motifs is 1. The highest BCUT2D eigenvalue weighted by Crippen LogP contribution is 2.31. The van der Waals surface area contributed by atoms with E-state index in [4.69, 9.17) is 23.2 Å². The number of hydrogen-bond acceptors (Lipinski definition) is 4. The Hall–Kier alpha value is -1.89. The lowest BCUT2D eigenvalue weighted by Gasteiger charge is -2.23. The van der Waals surface area contributed by atoms with Gasteiger partial charge in [0.05, 0.1) is 17.2 Å². The number of rotatable bonds is 5. The van der Waals surface area contributed by atoms with Crippen molar-refractivity contribution in [2.24, 2.45) is 4.99 Å².